The van der Waals surface area contributed by atoms with Gasteiger partial charge in [0.1, 0.15) is 18.2 Å². The van der Waals surface area contributed by atoms with Crippen molar-refractivity contribution in [2.45, 2.75) is 58.3 Å². The summed E-state index contributed by atoms with van der Waals surface area (Å²) >= 11 is 0. The Morgan fingerprint density at radius 1 is 1.09 bits per heavy atom. The van der Waals surface area contributed by atoms with Crippen LogP contribution >= 0.6 is 0 Å². The fraction of sp³-hybridized carbons (Fsp3) is 0.600. The summed E-state index contributed by atoms with van der Waals surface area (Å²) in [4.78, 5) is 0. The van der Waals surface area contributed by atoms with Crippen molar-refractivity contribution in [1.29, 1.82) is 0 Å². The minimum absolute atomic E-state index is 0.224. The molecule has 1 nitrogen and oxygen atoms in total. The predicted octanol–water partition coefficient (Wildman–Crippen LogP) is 6.15. The highest BCUT2D eigenvalue weighted by molar-refractivity contribution is 5.22. The summed E-state index contributed by atoms with van der Waals surface area (Å²) in [5.74, 6) is 2.19. The molecule has 1 aliphatic carbocycles. The number of hydrogen-bond donors (Lipinski definition) is 0. The van der Waals surface area contributed by atoms with E-state index in [9.17, 15) is 4.39 Å². The largest absolute Gasteiger partial charge is 0.490 e. The Morgan fingerprint density at radius 2 is 1.82 bits per heavy atom. The second kappa shape index (κ2) is 9.66. The van der Waals surface area contributed by atoms with Crippen LogP contribution in [0.3, 0.4) is 0 Å². The maximum absolute atomic E-state index is 12.8. The lowest BCUT2D eigenvalue weighted by atomic mass is 9.79. The molecule has 0 aliphatic heterocycles. The summed E-state index contributed by atoms with van der Waals surface area (Å²) in [6.45, 7) is 2.85. The predicted molar refractivity (Wildman–Crippen MR) is 90.6 cm³/mol. The molecule has 2 heteroatoms. The Morgan fingerprint density at radius 3 is 2.50 bits per heavy atom. The van der Waals surface area contributed by atoms with Crippen molar-refractivity contribution in [3.05, 3.63) is 42.2 Å². The first-order valence-corrected chi connectivity index (χ1v) is 8.83. The normalized spacial score (nSPS) is 22.1. The van der Waals surface area contributed by atoms with E-state index in [1.54, 1.807) is 12.1 Å². The molecule has 0 aromatic heterocycles. The fourth-order valence-corrected chi connectivity index (χ4v) is 3.28. The maximum atomic E-state index is 12.8. The van der Waals surface area contributed by atoms with Crippen molar-refractivity contribution >= 4 is 0 Å². The lowest BCUT2D eigenvalue weighted by Crippen LogP contribution is -2.13. The van der Waals surface area contributed by atoms with E-state index in [0.717, 1.165) is 17.6 Å². The number of unbranched alkanes of at least 4 members (excludes halogenated alkanes) is 2. The van der Waals surface area contributed by atoms with E-state index in [1.165, 1.54) is 63.5 Å². The second-order valence-electron chi connectivity index (χ2n) is 6.47. The maximum Gasteiger partial charge on any atom is 0.123 e. The summed E-state index contributed by atoms with van der Waals surface area (Å²) in [6, 6.07) is 6.20. The Hall–Kier alpha value is -1.31. The van der Waals surface area contributed by atoms with Crippen molar-refractivity contribution in [3.63, 3.8) is 0 Å². The van der Waals surface area contributed by atoms with Crippen LogP contribution in [-0.2, 0) is 0 Å². The fourth-order valence-electron chi connectivity index (χ4n) is 3.28. The third kappa shape index (κ3) is 6.21. The highest BCUT2D eigenvalue weighted by Crippen LogP contribution is 2.32. The van der Waals surface area contributed by atoms with Crippen LogP contribution < -0.4 is 4.74 Å². The quantitative estimate of drug-likeness (QED) is 0.413. The number of rotatable bonds is 8. The van der Waals surface area contributed by atoms with Crippen LogP contribution in [-0.4, -0.2) is 6.61 Å². The van der Waals surface area contributed by atoms with Gasteiger partial charge in [0.15, 0.2) is 0 Å². The van der Waals surface area contributed by atoms with E-state index in [4.69, 9.17) is 4.74 Å². The van der Waals surface area contributed by atoms with Gasteiger partial charge in [-0.2, -0.15) is 0 Å². The highest BCUT2D eigenvalue weighted by Gasteiger charge is 2.18. The van der Waals surface area contributed by atoms with Gasteiger partial charge >= 0.3 is 0 Å². The lowest BCUT2D eigenvalue weighted by molar-refractivity contribution is 0.288. The Kier molecular flexibility index (Phi) is 7.48. The molecule has 2 rings (SSSR count). The van der Waals surface area contributed by atoms with Crippen LogP contribution in [0.15, 0.2) is 36.4 Å². The molecule has 22 heavy (non-hydrogen) atoms. The van der Waals surface area contributed by atoms with Crippen LogP contribution in [0.1, 0.15) is 58.3 Å². The first-order chi connectivity index (χ1) is 10.8. The van der Waals surface area contributed by atoms with E-state index in [1.807, 2.05) is 0 Å². The van der Waals surface area contributed by atoms with Gasteiger partial charge in [0.05, 0.1) is 0 Å². The summed E-state index contributed by atoms with van der Waals surface area (Å²) in [5.41, 5.74) is 0. The van der Waals surface area contributed by atoms with Crippen molar-refractivity contribution < 1.29 is 9.13 Å². The topological polar surface area (TPSA) is 9.23 Å². The molecular formula is C20H29FO. The summed E-state index contributed by atoms with van der Waals surface area (Å²) in [5, 5.41) is 0. The molecule has 0 spiro atoms. The molecule has 122 valence electrons. The van der Waals surface area contributed by atoms with E-state index in [-0.39, 0.29) is 5.82 Å². The zero-order chi connectivity index (χ0) is 15.6. The number of halogens is 1. The zero-order valence-corrected chi connectivity index (χ0v) is 13.8. The number of benzene rings is 1. The lowest BCUT2D eigenvalue weighted by Gasteiger charge is -2.26. The Bertz CT molecular complexity index is 430. The van der Waals surface area contributed by atoms with Gasteiger partial charge in [-0.3, -0.25) is 0 Å². The smallest absolute Gasteiger partial charge is 0.123 e. The molecule has 0 N–H and O–H groups in total. The molecule has 0 radical (unpaired) electrons. The minimum atomic E-state index is -0.224. The van der Waals surface area contributed by atoms with Crippen molar-refractivity contribution in [1.82, 2.24) is 0 Å². The minimum Gasteiger partial charge on any atom is -0.490 e. The van der Waals surface area contributed by atoms with Crippen molar-refractivity contribution in [2.24, 2.45) is 11.8 Å². The molecular weight excluding hydrogens is 275 g/mol. The summed E-state index contributed by atoms with van der Waals surface area (Å²) in [7, 11) is 0. The average molecular weight is 304 g/mol. The third-order valence-electron chi connectivity index (χ3n) is 4.68. The van der Waals surface area contributed by atoms with Gasteiger partial charge in [-0.25, -0.2) is 4.39 Å². The summed E-state index contributed by atoms with van der Waals surface area (Å²) in [6.07, 6.45) is 15.4. The number of ether oxygens (including phenoxy) is 1. The van der Waals surface area contributed by atoms with E-state index < -0.39 is 0 Å². The van der Waals surface area contributed by atoms with Crippen LogP contribution in [0, 0.1) is 17.7 Å². The summed E-state index contributed by atoms with van der Waals surface area (Å²) < 4.78 is 18.4. The van der Waals surface area contributed by atoms with Gasteiger partial charge in [0.25, 0.3) is 0 Å². The number of allylic oxidation sites excluding steroid dienone is 1. The SMILES string of the molecule is CCCCC[C@H]1CC[C@H](/C=C/COc2ccc(F)cc2)CC1. The Labute approximate surface area is 134 Å². The standard InChI is InChI=1S/C20H29FO/c1-2-3-4-6-17-8-10-18(11-9-17)7-5-16-22-20-14-12-19(21)13-15-20/h5,7,12-15,17-18H,2-4,6,8-11,16H2,1H3/b7-5+/t17-,18-. The van der Waals surface area contributed by atoms with E-state index >= 15 is 0 Å². The van der Waals surface area contributed by atoms with E-state index in [2.05, 4.69) is 19.1 Å². The molecule has 0 bridgehead atoms. The van der Waals surface area contributed by atoms with E-state index in [0.29, 0.717) is 6.61 Å². The van der Waals surface area contributed by atoms with Gasteiger partial charge < -0.3 is 4.74 Å². The molecule has 1 aromatic rings. The molecule has 1 saturated carbocycles. The first kappa shape index (κ1) is 17.1. The second-order valence-corrected chi connectivity index (χ2v) is 6.47. The first-order valence-electron chi connectivity index (χ1n) is 8.83. The zero-order valence-electron chi connectivity index (χ0n) is 13.8. The molecule has 0 heterocycles. The molecule has 0 unspecified atom stereocenters. The van der Waals surface area contributed by atoms with Gasteiger partial charge in [-0.1, -0.05) is 44.8 Å². The van der Waals surface area contributed by atoms with Crippen LogP contribution in [0.25, 0.3) is 0 Å². The third-order valence-corrected chi connectivity index (χ3v) is 4.68. The van der Waals surface area contributed by atoms with Crippen molar-refractivity contribution in [3.8, 4) is 5.75 Å². The molecule has 1 aromatic carbocycles. The van der Waals surface area contributed by atoms with Crippen LogP contribution in [0.4, 0.5) is 4.39 Å². The average Bonchev–Trinajstić information content (AvgIpc) is 2.55. The van der Waals surface area contributed by atoms with Gasteiger partial charge in [-0.05, 0) is 61.8 Å². The van der Waals surface area contributed by atoms with Gasteiger partial charge in [0.2, 0.25) is 0 Å². The van der Waals surface area contributed by atoms with Crippen molar-refractivity contribution in [2.75, 3.05) is 6.61 Å². The molecule has 1 aliphatic rings. The number of hydrogen-bond acceptors (Lipinski definition) is 1. The van der Waals surface area contributed by atoms with Gasteiger partial charge in [0, 0.05) is 0 Å². The molecule has 1 fully saturated rings. The van der Waals surface area contributed by atoms with Crippen LogP contribution in [0.2, 0.25) is 0 Å². The molecule has 0 amide bonds. The van der Waals surface area contributed by atoms with Crippen LogP contribution in [0.5, 0.6) is 5.75 Å². The molecule has 0 saturated heterocycles. The monoisotopic (exact) mass is 304 g/mol. The highest BCUT2D eigenvalue weighted by atomic mass is 19.1. The Balaban J connectivity index is 1.60. The van der Waals surface area contributed by atoms with Gasteiger partial charge in [-0.15, -0.1) is 0 Å². The molecule has 0 atom stereocenters.